The van der Waals surface area contributed by atoms with Crippen LogP contribution in [-0.4, -0.2) is 32.3 Å². The van der Waals surface area contributed by atoms with Gasteiger partial charge in [-0.3, -0.25) is 0 Å². The summed E-state index contributed by atoms with van der Waals surface area (Å²) in [5, 5.41) is 17.9. The first-order valence-corrected chi connectivity index (χ1v) is 6.98. The Balaban J connectivity index is 2.15. The third kappa shape index (κ3) is 3.70. The summed E-state index contributed by atoms with van der Waals surface area (Å²) in [5.74, 6) is -0.557. The van der Waals surface area contributed by atoms with Crippen molar-refractivity contribution in [1.82, 2.24) is 9.55 Å². The monoisotopic (exact) mass is 288 g/mol. The average Bonchev–Trinajstić information content (AvgIpc) is 2.82. The van der Waals surface area contributed by atoms with E-state index in [0.717, 1.165) is 18.4 Å². The van der Waals surface area contributed by atoms with Crippen LogP contribution < -0.4 is 0 Å². The molecule has 0 saturated heterocycles. The van der Waals surface area contributed by atoms with Crippen LogP contribution in [0.1, 0.15) is 29.5 Å². The number of carboxylic acid groups (broad SMARTS) is 1. The minimum absolute atomic E-state index is 0.0330. The first-order chi connectivity index (χ1) is 10.0. The highest BCUT2D eigenvalue weighted by atomic mass is 16.4. The van der Waals surface area contributed by atoms with Gasteiger partial charge >= 0.3 is 5.97 Å². The molecule has 0 spiro atoms. The van der Waals surface area contributed by atoms with E-state index in [1.54, 1.807) is 13.2 Å². The molecule has 1 atom stereocenters. The molecule has 0 unspecified atom stereocenters. The van der Waals surface area contributed by atoms with Gasteiger partial charge < -0.3 is 14.8 Å². The summed E-state index contributed by atoms with van der Waals surface area (Å²) in [6.07, 6.45) is 3.43. The standard InChI is InChI=1S/C16H20N2O3/c1-11(7-8-19)9-12-3-5-13(6-4-12)14-10-18(2)15(17-14)16(20)21/h3-6,10-11,19H,7-9H2,1-2H3,(H,20,21)/t11-/m1/s1. The number of rotatable bonds is 6. The van der Waals surface area contributed by atoms with E-state index in [-0.39, 0.29) is 12.4 Å². The number of benzene rings is 1. The largest absolute Gasteiger partial charge is 0.475 e. The first-order valence-electron chi connectivity index (χ1n) is 6.98. The van der Waals surface area contributed by atoms with Gasteiger partial charge in [0.25, 0.3) is 0 Å². The van der Waals surface area contributed by atoms with Crippen molar-refractivity contribution >= 4 is 5.97 Å². The van der Waals surface area contributed by atoms with Crippen LogP contribution in [0.5, 0.6) is 0 Å². The van der Waals surface area contributed by atoms with Crippen LogP contribution in [0.3, 0.4) is 0 Å². The molecule has 5 heteroatoms. The summed E-state index contributed by atoms with van der Waals surface area (Å²) < 4.78 is 1.51. The molecular weight excluding hydrogens is 268 g/mol. The SMILES string of the molecule is C[C@H](CCO)Cc1ccc(-c2cn(C)c(C(=O)O)n2)cc1. The zero-order valence-electron chi connectivity index (χ0n) is 12.3. The second-order valence-electron chi connectivity index (χ2n) is 5.38. The van der Waals surface area contributed by atoms with E-state index in [9.17, 15) is 4.79 Å². The van der Waals surface area contributed by atoms with Crippen LogP contribution in [0.4, 0.5) is 0 Å². The summed E-state index contributed by atoms with van der Waals surface area (Å²) in [6, 6.07) is 7.96. The Labute approximate surface area is 123 Å². The molecule has 2 N–H and O–H groups in total. The molecule has 0 bridgehead atoms. The number of carbonyl (C=O) groups is 1. The number of aromatic carboxylic acids is 1. The highest BCUT2D eigenvalue weighted by Gasteiger charge is 2.13. The lowest BCUT2D eigenvalue weighted by Crippen LogP contribution is -2.04. The van der Waals surface area contributed by atoms with Crippen LogP contribution >= 0.6 is 0 Å². The van der Waals surface area contributed by atoms with Gasteiger partial charge in [-0.2, -0.15) is 0 Å². The third-order valence-electron chi connectivity index (χ3n) is 3.52. The summed E-state index contributed by atoms with van der Waals surface area (Å²) in [4.78, 5) is 15.1. The third-order valence-corrected chi connectivity index (χ3v) is 3.52. The fraction of sp³-hybridized carbons (Fsp3) is 0.375. The lowest BCUT2D eigenvalue weighted by molar-refractivity contribution is 0.0680. The van der Waals surface area contributed by atoms with Crippen LogP contribution in [0.2, 0.25) is 0 Å². The number of hydrogen-bond acceptors (Lipinski definition) is 3. The normalized spacial score (nSPS) is 12.3. The summed E-state index contributed by atoms with van der Waals surface area (Å²) in [7, 11) is 1.67. The highest BCUT2D eigenvalue weighted by Crippen LogP contribution is 2.20. The molecule has 0 aliphatic heterocycles. The Morgan fingerprint density at radius 1 is 1.33 bits per heavy atom. The molecule has 5 nitrogen and oxygen atoms in total. The van der Waals surface area contributed by atoms with Crippen LogP contribution in [0.25, 0.3) is 11.3 Å². The van der Waals surface area contributed by atoms with E-state index in [1.807, 2.05) is 24.3 Å². The van der Waals surface area contributed by atoms with E-state index in [4.69, 9.17) is 10.2 Å². The van der Waals surface area contributed by atoms with Crippen molar-refractivity contribution in [1.29, 1.82) is 0 Å². The zero-order valence-corrected chi connectivity index (χ0v) is 12.3. The maximum absolute atomic E-state index is 11.0. The van der Waals surface area contributed by atoms with Crippen molar-refractivity contribution in [2.45, 2.75) is 19.8 Å². The number of aliphatic hydroxyl groups is 1. The minimum Gasteiger partial charge on any atom is -0.475 e. The fourth-order valence-electron chi connectivity index (χ4n) is 2.34. The minimum atomic E-state index is -1.03. The van der Waals surface area contributed by atoms with E-state index in [2.05, 4.69) is 11.9 Å². The number of carboxylic acids is 1. The van der Waals surface area contributed by atoms with Gasteiger partial charge in [0.15, 0.2) is 0 Å². The number of aliphatic hydroxyl groups excluding tert-OH is 1. The van der Waals surface area contributed by atoms with Crippen LogP contribution in [-0.2, 0) is 13.5 Å². The van der Waals surface area contributed by atoms with Crippen molar-refractivity contribution in [3.63, 3.8) is 0 Å². The van der Waals surface area contributed by atoms with Gasteiger partial charge in [-0.05, 0) is 24.3 Å². The van der Waals surface area contributed by atoms with Gasteiger partial charge in [0.05, 0.1) is 5.69 Å². The summed E-state index contributed by atoms with van der Waals surface area (Å²) in [6.45, 7) is 2.33. The first kappa shape index (κ1) is 15.3. The smallest absolute Gasteiger partial charge is 0.372 e. The average molecular weight is 288 g/mol. The van der Waals surface area contributed by atoms with Gasteiger partial charge in [-0.15, -0.1) is 0 Å². The lowest BCUT2D eigenvalue weighted by atomic mass is 9.97. The van der Waals surface area contributed by atoms with Gasteiger partial charge in [0.1, 0.15) is 0 Å². The highest BCUT2D eigenvalue weighted by molar-refractivity contribution is 5.84. The Kier molecular flexibility index (Phi) is 4.75. The molecule has 0 radical (unpaired) electrons. The lowest BCUT2D eigenvalue weighted by Gasteiger charge is -2.09. The topological polar surface area (TPSA) is 75.4 Å². The van der Waals surface area contributed by atoms with E-state index >= 15 is 0 Å². The number of nitrogens with zero attached hydrogens (tertiary/aromatic N) is 2. The quantitative estimate of drug-likeness (QED) is 0.855. The summed E-state index contributed by atoms with van der Waals surface area (Å²) in [5.41, 5.74) is 2.76. The predicted octanol–water partition coefficient (Wildman–Crippen LogP) is 2.35. The van der Waals surface area contributed by atoms with Crippen LogP contribution in [0.15, 0.2) is 30.5 Å². The summed E-state index contributed by atoms with van der Waals surface area (Å²) >= 11 is 0. The van der Waals surface area contributed by atoms with Gasteiger partial charge in [0, 0.05) is 25.4 Å². The molecular formula is C16H20N2O3. The Hall–Kier alpha value is -2.14. The van der Waals surface area contributed by atoms with Gasteiger partial charge in [0.2, 0.25) is 5.82 Å². The molecule has 1 aromatic heterocycles. The van der Waals surface area contributed by atoms with Gasteiger partial charge in [-0.1, -0.05) is 31.2 Å². The molecule has 0 aliphatic carbocycles. The van der Waals surface area contributed by atoms with Crippen molar-refractivity contribution in [2.75, 3.05) is 6.61 Å². The zero-order chi connectivity index (χ0) is 15.4. The van der Waals surface area contributed by atoms with Crippen molar-refractivity contribution < 1.29 is 15.0 Å². The van der Waals surface area contributed by atoms with Gasteiger partial charge in [-0.25, -0.2) is 9.78 Å². The molecule has 21 heavy (non-hydrogen) atoms. The number of aryl methyl sites for hydroxylation is 1. The Morgan fingerprint density at radius 2 is 2.00 bits per heavy atom. The Bertz CT molecular complexity index is 617. The Morgan fingerprint density at radius 3 is 2.52 bits per heavy atom. The predicted molar refractivity (Wildman–Crippen MR) is 80.2 cm³/mol. The molecule has 2 rings (SSSR count). The maximum atomic E-state index is 11.0. The molecule has 2 aromatic rings. The number of aromatic nitrogens is 2. The second kappa shape index (κ2) is 6.54. The van der Waals surface area contributed by atoms with E-state index in [1.165, 1.54) is 10.1 Å². The van der Waals surface area contributed by atoms with Crippen molar-refractivity contribution in [3.05, 3.63) is 41.9 Å². The molecule has 0 amide bonds. The molecule has 1 aromatic carbocycles. The maximum Gasteiger partial charge on any atom is 0.372 e. The molecule has 0 saturated carbocycles. The molecule has 0 aliphatic rings. The molecule has 1 heterocycles. The number of imidazole rings is 1. The van der Waals surface area contributed by atoms with Crippen LogP contribution in [0, 0.1) is 5.92 Å². The molecule has 0 fully saturated rings. The van der Waals surface area contributed by atoms with E-state index in [0.29, 0.717) is 11.6 Å². The van der Waals surface area contributed by atoms with Crippen molar-refractivity contribution in [2.24, 2.45) is 13.0 Å². The van der Waals surface area contributed by atoms with E-state index < -0.39 is 5.97 Å². The fourth-order valence-corrected chi connectivity index (χ4v) is 2.34. The second-order valence-corrected chi connectivity index (χ2v) is 5.38. The number of hydrogen-bond donors (Lipinski definition) is 2. The van der Waals surface area contributed by atoms with Crippen molar-refractivity contribution in [3.8, 4) is 11.3 Å². The molecule has 112 valence electrons.